The summed E-state index contributed by atoms with van der Waals surface area (Å²) in [6.07, 6.45) is 1.57. The molecule has 1 saturated heterocycles. The van der Waals surface area contributed by atoms with E-state index in [4.69, 9.17) is 9.15 Å². The van der Waals surface area contributed by atoms with Crippen LogP contribution in [0.3, 0.4) is 0 Å². The number of nitrogens with zero attached hydrogens (tertiary/aromatic N) is 3. The normalized spacial score (nSPS) is 15.1. The molecule has 4 rings (SSSR count). The predicted molar refractivity (Wildman–Crippen MR) is 123 cm³/mol. The average molecular weight is 450 g/mol. The van der Waals surface area contributed by atoms with Crippen molar-refractivity contribution in [2.24, 2.45) is 0 Å². The molecule has 0 saturated carbocycles. The van der Waals surface area contributed by atoms with Gasteiger partial charge in [-0.05, 0) is 44.2 Å². The molecule has 9 heteroatoms. The monoisotopic (exact) mass is 449 g/mol. The van der Waals surface area contributed by atoms with Crippen molar-refractivity contribution < 1.29 is 18.7 Å². The maximum atomic E-state index is 12.6. The summed E-state index contributed by atoms with van der Waals surface area (Å²) in [5, 5.41) is 5.78. The van der Waals surface area contributed by atoms with Crippen molar-refractivity contribution in [1.82, 2.24) is 20.2 Å². The Labute approximate surface area is 192 Å². The Morgan fingerprint density at radius 1 is 1.15 bits per heavy atom. The summed E-state index contributed by atoms with van der Waals surface area (Å²) < 4.78 is 11.2. The number of anilines is 1. The van der Waals surface area contributed by atoms with Gasteiger partial charge in [-0.2, -0.15) is 0 Å². The van der Waals surface area contributed by atoms with Gasteiger partial charge >= 0.3 is 0 Å². The lowest BCUT2D eigenvalue weighted by atomic mass is 10.2. The van der Waals surface area contributed by atoms with E-state index in [-0.39, 0.29) is 24.4 Å². The molecule has 0 radical (unpaired) electrons. The van der Waals surface area contributed by atoms with Crippen LogP contribution < -0.4 is 10.6 Å². The van der Waals surface area contributed by atoms with E-state index < -0.39 is 0 Å². The van der Waals surface area contributed by atoms with Crippen LogP contribution >= 0.6 is 0 Å². The van der Waals surface area contributed by atoms with Crippen LogP contribution in [0.5, 0.6) is 0 Å². The van der Waals surface area contributed by atoms with Crippen LogP contribution in [0.25, 0.3) is 11.5 Å². The minimum Gasteiger partial charge on any atom is -0.441 e. The van der Waals surface area contributed by atoms with E-state index in [2.05, 4.69) is 25.5 Å². The highest BCUT2D eigenvalue weighted by Crippen LogP contribution is 2.24. The summed E-state index contributed by atoms with van der Waals surface area (Å²) in [7, 11) is 0. The molecule has 2 aromatic heterocycles. The highest BCUT2D eigenvalue weighted by atomic mass is 16.5. The number of ether oxygens (including phenoxy) is 1. The zero-order valence-electron chi connectivity index (χ0n) is 18.7. The van der Waals surface area contributed by atoms with E-state index in [1.165, 1.54) is 0 Å². The maximum absolute atomic E-state index is 12.6. The van der Waals surface area contributed by atoms with Crippen LogP contribution in [-0.4, -0.2) is 59.0 Å². The molecule has 1 aromatic carbocycles. The van der Waals surface area contributed by atoms with Gasteiger partial charge in [-0.15, -0.1) is 0 Å². The molecule has 172 valence electrons. The minimum absolute atomic E-state index is 0.0555. The van der Waals surface area contributed by atoms with Crippen molar-refractivity contribution in [2.45, 2.75) is 26.4 Å². The molecule has 1 aliphatic heterocycles. The molecular weight excluding hydrogens is 422 g/mol. The summed E-state index contributed by atoms with van der Waals surface area (Å²) in [5.74, 6) is 0.702. The fourth-order valence-corrected chi connectivity index (χ4v) is 3.59. The highest BCUT2D eigenvalue weighted by molar-refractivity contribution is 6.03. The van der Waals surface area contributed by atoms with E-state index >= 15 is 0 Å². The number of aromatic nitrogens is 2. The molecule has 3 aromatic rings. The molecule has 0 spiro atoms. The summed E-state index contributed by atoms with van der Waals surface area (Å²) in [6, 6.07) is 12.2. The number of carbonyl (C=O) groups excluding carboxylic acids is 2. The maximum Gasteiger partial charge on any atom is 0.274 e. The van der Waals surface area contributed by atoms with Gasteiger partial charge in [-0.1, -0.05) is 12.1 Å². The largest absolute Gasteiger partial charge is 0.441 e. The molecule has 3 heterocycles. The number of morpholine rings is 1. The standard InChI is InChI=1S/C24H27N5O4/c1-16(29-10-12-32-13-11-29)22(30)26-15-21-17(2)33-24(28-21)18-6-5-7-19(14-18)27-23(31)20-8-3-4-9-25-20/h3-9,14,16H,10-13,15H2,1-2H3,(H,26,30)(H,27,31). The Hall–Kier alpha value is -3.56. The second kappa shape index (κ2) is 10.4. The molecule has 1 unspecified atom stereocenters. The lowest BCUT2D eigenvalue weighted by Crippen LogP contribution is -2.49. The lowest BCUT2D eigenvalue weighted by Gasteiger charge is -2.31. The van der Waals surface area contributed by atoms with E-state index in [1.807, 2.05) is 26.0 Å². The number of benzene rings is 1. The minimum atomic E-state index is -0.297. The van der Waals surface area contributed by atoms with E-state index in [0.29, 0.717) is 41.9 Å². The van der Waals surface area contributed by atoms with Crippen molar-refractivity contribution >= 4 is 17.5 Å². The number of carbonyl (C=O) groups is 2. The third kappa shape index (κ3) is 5.63. The zero-order chi connectivity index (χ0) is 23.2. The molecule has 9 nitrogen and oxygen atoms in total. The Morgan fingerprint density at radius 2 is 1.97 bits per heavy atom. The molecule has 1 aliphatic rings. The quantitative estimate of drug-likeness (QED) is 0.571. The van der Waals surface area contributed by atoms with Crippen LogP contribution in [0.1, 0.15) is 28.9 Å². The number of hydrogen-bond acceptors (Lipinski definition) is 7. The van der Waals surface area contributed by atoms with Gasteiger partial charge in [0, 0.05) is 30.5 Å². The smallest absolute Gasteiger partial charge is 0.274 e. The molecule has 33 heavy (non-hydrogen) atoms. The molecule has 1 fully saturated rings. The Kier molecular flexibility index (Phi) is 7.11. The SMILES string of the molecule is Cc1oc(-c2cccc(NC(=O)c3ccccn3)c2)nc1CNC(=O)C(C)N1CCOCC1. The van der Waals surface area contributed by atoms with Gasteiger partial charge in [-0.3, -0.25) is 19.5 Å². The first-order valence-electron chi connectivity index (χ1n) is 10.9. The van der Waals surface area contributed by atoms with E-state index in [9.17, 15) is 9.59 Å². The second-order valence-electron chi connectivity index (χ2n) is 7.81. The number of hydrogen-bond donors (Lipinski definition) is 2. The second-order valence-corrected chi connectivity index (χ2v) is 7.81. The van der Waals surface area contributed by atoms with Crippen LogP contribution in [-0.2, 0) is 16.1 Å². The lowest BCUT2D eigenvalue weighted by molar-refractivity contribution is -0.127. The first kappa shape index (κ1) is 22.6. The van der Waals surface area contributed by atoms with E-state index in [0.717, 1.165) is 18.7 Å². The summed E-state index contributed by atoms with van der Waals surface area (Å²) in [5.41, 5.74) is 2.32. The van der Waals surface area contributed by atoms with Crippen LogP contribution in [0.4, 0.5) is 5.69 Å². The Balaban J connectivity index is 1.40. The van der Waals surface area contributed by atoms with Gasteiger partial charge in [0.1, 0.15) is 17.1 Å². The molecule has 2 amide bonds. The first-order chi connectivity index (χ1) is 16.0. The number of rotatable bonds is 7. The number of amides is 2. The molecule has 0 aliphatic carbocycles. The van der Waals surface area contributed by atoms with Crippen molar-refractivity contribution in [2.75, 3.05) is 31.6 Å². The van der Waals surface area contributed by atoms with Gasteiger partial charge in [0.2, 0.25) is 11.8 Å². The molecule has 0 bridgehead atoms. The molecule has 1 atom stereocenters. The van der Waals surface area contributed by atoms with E-state index in [1.54, 1.807) is 36.5 Å². The first-order valence-corrected chi connectivity index (χ1v) is 10.9. The topological polar surface area (TPSA) is 110 Å². The van der Waals surface area contributed by atoms with Crippen molar-refractivity contribution in [3.05, 3.63) is 65.8 Å². The third-order valence-corrected chi connectivity index (χ3v) is 5.56. The zero-order valence-corrected chi connectivity index (χ0v) is 18.7. The van der Waals surface area contributed by atoms with Gasteiger partial charge in [0.15, 0.2) is 0 Å². The average Bonchev–Trinajstić information content (AvgIpc) is 3.23. The predicted octanol–water partition coefficient (Wildman–Crippen LogP) is 2.63. The summed E-state index contributed by atoms with van der Waals surface area (Å²) in [6.45, 7) is 6.76. The summed E-state index contributed by atoms with van der Waals surface area (Å²) >= 11 is 0. The number of aryl methyl sites for hydroxylation is 1. The van der Waals surface area contributed by atoms with Gasteiger partial charge < -0.3 is 19.8 Å². The Bertz CT molecular complexity index is 1110. The van der Waals surface area contributed by atoms with Crippen molar-refractivity contribution in [3.63, 3.8) is 0 Å². The third-order valence-electron chi connectivity index (χ3n) is 5.56. The van der Waals surface area contributed by atoms with Crippen molar-refractivity contribution in [1.29, 1.82) is 0 Å². The van der Waals surface area contributed by atoms with Gasteiger partial charge in [0.05, 0.1) is 25.8 Å². The number of nitrogens with one attached hydrogen (secondary N) is 2. The van der Waals surface area contributed by atoms with Gasteiger partial charge in [0.25, 0.3) is 5.91 Å². The number of pyridine rings is 1. The highest BCUT2D eigenvalue weighted by Gasteiger charge is 2.23. The fourth-order valence-electron chi connectivity index (χ4n) is 3.59. The number of oxazole rings is 1. The van der Waals surface area contributed by atoms with Gasteiger partial charge in [-0.25, -0.2) is 4.98 Å². The van der Waals surface area contributed by atoms with Crippen LogP contribution in [0, 0.1) is 6.92 Å². The Morgan fingerprint density at radius 3 is 2.73 bits per heavy atom. The van der Waals surface area contributed by atoms with Crippen LogP contribution in [0.2, 0.25) is 0 Å². The van der Waals surface area contributed by atoms with Crippen LogP contribution in [0.15, 0.2) is 53.1 Å². The summed E-state index contributed by atoms with van der Waals surface area (Å²) in [4.78, 5) is 35.7. The van der Waals surface area contributed by atoms with Crippen molar-refractivity contribution in [3.8, 4) is 11.5 Å². The molecule has 2 N–H and O–H groups in total. The molecular formula is C24H27N5O4. The fraction of sp³-hybridized carbons (Fsp3) is 0.333.